The molecule has 0 saturated carbocycles. The number of hydrogen-bond donors (Lipinski definition) is 2. The van der Waals surface area contributed by atoms with Gasteiger partial charge in [0.2, 0.25) is 9.84 Å². The minimum Gasteiger partial charge on any atom is -0.506 e. The number of pyridine rings is 1. The zero-order valence-electron chi connectivity index (χ0n) is 9.52. The molecule has 0 fully saturated rings. The van der Waals surface area contributed by atoms with Crippen molar-refractivity contribution in [2.24, 2.45) is 0 Å². The number of carbonyl (C=O) groups is 1. The summed E-state index contributed by atoms with van der Waals surface area (Å²) in [5.41, 5.74) is -0.0191. The number of rotatable bonds is 3. The zero-order valence-corrected chi connectivity index (χ0v) is 10.3. The van der Waals surface area contributed by atoms with Gasteiger partial charge in [-0.25, -0.2) is 13.2 Å². The quantitative estimate of drug-likeness (QED) is 0.878. The van der Waals surface area contributed by atoms with Crippen molar-refractivity contribution in [3.8, 4) is 5.75 Å². The lowest BCUT2D eigenvalue weighted by Gasteiger charge is -2.06. The topological polar surface area (TPSA) is 105 Å². The van der Waals surface area contributed by atoms with Crippen LogP contribution in [0, 0.1) is 0 Å². The Bertz CT molecular complexity index is 722. The van der Waals surface area contributed by atoms with Crippen molar-refractivity contribution in [3.63, 3.8) is 0 Å². The standard InChI is InChI=1S/C12H9NO5S/c14-10-5-6-13-7-11(10)19(17,18)9-3-1-8(2-4-9)12(15)16/h1-7H,(H,13,14)(H,15,16). The first-order valence-electron chi connectivity index (χ1n) is 5.14. The molecule has 2 N–H and O–H groups in total. The van der Waals surface area contributed by atoms with Crippen LogP contribution in [0.4, 0.5) is 0 Å². The highest BCUT2D eigenvalue weighted by molar-refractivity contribution is 7.91. The second kappa shape index (κ2) is 4.69. The summed E-state index contributed by atoms with van der Waals surface area (Å²) in [6.45, 7) is 0. The summed E-state index contributed by atoms with van der Waals surface area (Å²) in [6.07, 6.45) is 2.30. The van der Waals surface area contributed by atoms with Gasteiger partial charge in [0.05, 0.1) is 10.5 Å². The maximum absolute atomic E-state index is 12.2. The second-order valence-electron chi connectivity index (χ2n) is 3.68. The molecule has 0 amide bonds. The third-order valence-electron chi connectivity index (χ3n) is 2.46. The molecule has 0 atom stereocenters. The van der Waals surface area contributed by atoms with E-state index in [1.165, 1.54) is 36.5 Å². The fourth-order valence-electron chi connectivity index (χ4n) is 1.48. The van der Waals surface area contributed by atoms with Crippen molar-refractivity contribution >= 4 is 15.8 Å². The summed E-state index contributed by atoms with van der Waals surface area (Å²) < 4.78 is 24.4. The third kappa shape index (κ3) is 2.41. The largest absolute Gasteiger partial charge is 0.506 e. The van der Waals surface area contributed by atoms with Crippen LogP contribution >= 0.6 is 0 Å². The van der Waals surface area contributed by atoms with Crippen LogP contribution in [-0.2, 0) is 9.84 Å². The van der Waals surface area contributed by atoms with Gasteiger partial charge in [-0.2, -0.15) is 0 Å². The van der Waals surface area contributed by atoms with Gasteiger partial charge in [-0.15, -0.1) is 0 Å². The molecule has 0 aliphatic rings. The van der Waals surface area contributed by atoms with Crippen LogP contribution in [0.1, 0.15) is 10.4 Å². The SMILES string of the molecule is O=C(O)c1ccc(S(=O)(=O)c2cnccc2O)cc1. The fraction of sp³-hybridized carbons (Fsp3) is 0. The summed E-state index contributed by atoms with van der Waals surface area (Å²) in [4.78, 5) is 13.9. The molecule has 2 rings (SSSR count). The molecule has 6 nitrogen and oxygen atoms in total. The van der Waals surface area contributed by atoms with Gasteiger partial charge < -0.3 is 10.2 Å². The number of carboxylic acid groups (broad SMARTS) is 1. The van der Waals surface area contributed by atoms with Crippen LogP contribution in [-0.4, -0.2) is 29.6 Å². The van der Waals surface area contributed by atoms with Crippen LogP contribution in [0.5, 0.6) is 5.75 Å². The van der Waals surface area contributed by atoms with E-state index in [-0.39, 0.29) is 15.4 Å². The summed E-state index contributed by atoms with van der Waals surface area (Å²) in [6, 6.07) is 5.88. The van der Waals surface area contributed by atoms with Crippen LogP contribution in [0.25, 0.3) is 0 Å². The van der Waals surface area contributed by atoms with Gasteiger partial charge in [-0.1, -0.05) is 0 Å². The van der Waals surface area contributed by atoms with E-state index in [0.29, 0.717) is 0 Å². The predicted octanol–water partition coefficient (Wildman–Crippen LogP) is 1.32. The Kier molecular flexibility index (Phi) is 3.22. The molecule has 1 heterocycles. The average molecular weight is 279 g/mol. The second-order valence-corrected chi connectivity index (χ2v) is 5.59. The van der Waals surface area contributed by atoms with E-state index in [4.69, 9.17) is 5.11 Å². The minimum atomic E-state index is -3.92. The Hall–Kier alpha value is -2.41. The molecular formula is C12H9NO5S. The Labute approximate surface area is 108 Å². The van der Waals surface area contributed by atoms with Crippen LogP contribution in [0.2, 0.25) is 0 Å². The monoisotopic (exact) mass is 279 g/mol. The molecule has 0 radical (unpaired) electrons. The van der Waals surface area contributed by atoms with Crippen LogP contribution in [0.15, 0.2) is 52.5 Å². The van der Waals surface area contributed by atoms with Crippen molar-refractivity contribution < 1.29 is 23.4 Å². The highest BCUT2D eigenvalue weighted by Crippen LogP contribution is 2.27. The van der Waals surface area contributed by atoms with Crippen LogP contribution < -0.4 is 0 Å². The third-order valence-corrected chi connectivity index (χ3v) is 4.25. The Morgan fingerprint density at radius 3 is 2.26 bits per heavy atom. The van der Waals surface area contributed by atoms with Gasteiger partial charge in [0, 0.05) is 12.4 Å². The van der Waals surface area contributed by atoms with Crippen molar-refractivity contribution in [3.05, 3.63) is 48.3 Å². The summed E-state index contributed by atoms with van der Waals surface area (Å²) in [7, 11) is -3.92. The van der Waals surface area contributed by atoms with E-state index in [1.807, 2.05) is 0 Å². The zero-order chi connectivity index (χ0) is 14.0. The van der Waals surface area contributed by atoms with Gasteiger partial charge in [-0.3, -0.25) is 4.98 Å². The number of aromatic carboxylic acids is 1. The number of carboxylic acids is 1. The smallest absolute Gasteiger partial charge is 0.335 e. The molecule has 0 aliphatic carbocycles. The van der Waals surface area contributed by atoms with E-state index in [0.717, 1.165) is 6.20 Å². The predicted molar refractivity (Wildman–Crippen MR) is 64.8 cm³/mol. The first-order valence-corrected chi connectivity index (χ1v) is 6.62. The summed E-state index contributed by atoms with van der Waals surface area (Å²) in [5.74, 6) is -1.55. The first-order chi connectivity index (χ1) is 8.93. The van der Waals surface area contributed by atoms with E-state index in [2.05, 4.69) is 4.98 Å². The highest BCUT2D eigenvalue weighted by atomic mass is 32.2. The average Bonchev–Trinajstić information content (AvgIpc) is 2.39. The number of nitrogens with zero attached hydrogens (tertiary/aromatic N) is 1. The lowest BCUT2D eigenvalue weighted by Crippen LogP contribution is -2.04. The number of aromatic hydroxyl groups is 1. The molecule has 0 aliphatic heterocycles. The highest BCUT2D eigenvalue weighted by Gasteiger charge is 2.21. The molecular weight excluding hydrogens is 270 g/mol. The minimum absolute atomic E-state index is 0.0191. The van der Waals surface area contributed by atoms with E-state index in [1.54, 1.807) is 0 Å². The maximum atomic E-state index is 12.2. The number of benzene rings is 1. The summed E-state index contributed by atoms with van der Waals surface area (Å²) in [5, 5.41) is 18.3. The molecule has 0 unspecified atom stereocenters. The van der Waals surface area contributed by atoms with Gasteiger partial charge in [0.25, 0.3) is 0 Å². The fourth-order valence-corrected chi connectivity index (χ4v) is 2.77. The van der Waals surface area contributed by atoms with Gasteiger partial charge >= 0.3 is 5.97 Å². The molecule has 1 aromatic heterocycles. The van der Waals surface area contributed by atoms with Crippen LogP contribution in [0.3, 0.4) is 0 Å². The van der Waals surface area contributed by atoms with Gasteiger partial charge in [-0.05, 0) is 30.3 Å². The number of aromatic nitrogens is 1. The molecule has 19 heavy (non-hydrogen) atoms. The molecule has 0 bridgehead atoms. The number of hydrogen-bond acceptors (Lipinski definition) is 5. The van der Waals surface area contributed by atoms with E-state index in [9.17, 15) is 18.3 Å². The van der Waals surface area contributed by atoms with Crippen molar-refractivity contribution in [2.45, 2.75) is 9.79 Å². The Balaban J connectivity index is 2.52. The molecule has 1 aromatic carbocycles. The number of sulfone groups is 1. The van der Waals surface area contributed by atoms with Crippen molar-refractivity contribution in [2.75, 3.05) is 0 Å². The van der Waals surface area contributed by atoms with E-state index < -0.39 is 21.6 Å². The van der Waals surface area contributed by atoms with Crippen molar-refractivity contribution in [1.29, 1.82) is 0 Å². The maximum Gasteiger partial charge on any atom is 0.335 e. The van der Waals surface area contributed by atoms with Gasteiger partial charge in [0.15, 0.2) is 0 Å². The summed E-state index contributed by atoms with van der Waals surface area (Å²) >= 11 is 0. The van der Waals surface area contributed by atoms with Gasteiger partial charge in [0.1, 0.15) is 10.6 Å². The van der Waals surface area contributed by atoms with E-state index >= 15 is 0 Å². The molecule has 2 aromatic rings. The Morgan fingerprint density at radius 1 is 1.11 bits per heavy atom. The Morgan fingerprint density at radius 2 is 1.74 bits per heavy atom. The molecule has 98 valence electrons. The normalized spacial score (nSPS) is 11.2. The molecule has 7 heteroatoms. The van der Waals surface area contributed by atoms with Crippen molar-refractivity contribution in [1.82, 2.24) is 4.98 Å². The molecule has 0 saturated heterocycles. The first kappa shape index (κ1) is 13.0. The lowest BCUT2D eigenvalue weighted by atomic mass is 10.2. The lowest BCUT2D eigenvalue weighted by molar-refractivity contribution is 0.0696. The molecule has 0 spiro atoms.